The number of carbonyl (C=O) groups excluding carboxylic acids is 2. The molecule has 1 aromatic carbocycles. The number of hydrogen-bond acceptors (Lipinski definition) is 3. The minimum Gasteiger partial charge on any atom is -0.365 e. The zero-order valence-corrected chi connectivity index (χ0v) is 17.9. The first kappa shape index (κ1) is 20.6. The van der Waals surface area contributed by atoms with Crippen LogP contribution >= 0.6 is 22.9 Å². The van der Waals surface area contributed by atoms with E-state index in [1.54, 1.807) is 12.1 Å². The topological polar surface area (TPSA) is 72.2 Å². The van der Waals surface area contributed by atoms with Crippen LogP contribution in [0, 0.1) is 11.3 Å². The molecule has 1 aromatic heterocycles. The van der Waals surface area contributed by atoms with Crippen molar-refractivity contribution in [3.05, 3.63) is 56.9 Å². The van der Waals surface area contributed by atoms with Gasteiger partial charge in [0, 0.05) is 16.0 Å². The molecule has 6 heteroatoms. The van der Waals surface area contributed by atoms with Crippen LogP contribution in [-0.4, -0.2) is 11.8 Å². The van der Waals surface area contributed by atoms with Crippen LogP contribution in [0.2, 0.25) is 5.02 Å². The van der Waals surface area contributed by atoms with Crippen molar-refractivity contribution in [2.24, 2.45) is 17.1 Å². The van der Waals surface area contributed by atoms with Crippen molar-refractivity contribution in [3.8, 4) is 0 Å². The van der Waals surface area contributed by atoms with Gasteiger partial charge in [-0.2, -0.15) is 0 Å². The quantitative estimate of drug-likeness (QED) is 0.663. The van der Waals surface area contributed by atoms with Gasteiger partial charge in [0.25, 0.3) is 5.91 Å². The molecule has 3 rings (SSSR count). The Labute approximate surface area is 174 Å². The number of benzene rings is 1. The molecule has 0 radical (unpaired) electrons. The van der Waals surface area contributed by atoms with Gasteiger partial charge in [-0.15, -0.1) is 11.3 Å². The Bertz CT molecular complexity index is 940. The molecule has 1 aliphatic rings. The summed E-state index contributed by atoms with van der Waals surface area (Å²) in [5, 5.41) is 3.96. The predicted molar refractivity (Wildman–Crippen MR) is 117 cm³/mol. The average Bonchev–Trinajstić information content (AvgIpc) is 2.97. The lowest BCUT2D eigenvalue weighted by Crippen LogP contribution is -2.27. The number of nitrogens with two attached hydrogens (primary N) is 1. The van der Waals surface area contributed by atoms with Crippen LogP contribution in [0.4, 0.5) is 5.00 Å². The Morgan fingerprint density at radius 3 is 2.64 bits per heavy atom. The molecule has 28 heavy (non-hydrogen) atoms. The van der Waals surface area contributed by atoms with Crippen molar-refractivity contribution in [3.63, 3.8) is 0 Å². The monoisotopic (exact) mass is 416 g/mol. The zero-order chi connectivity index (χ0) is 20.5. The number of nitrogens with one attached hydrogen (secondary N) is 1. The van der Waals surface area contributed by atoms with E-state index in [2.05, 4.69) is 26.1 Å². The molecular formula is C22H25ClN2O2S. The second-order valence-electron chi connectivity index (χ2n) is 8.22. The first-order valence-electron chi connectivity index (χ1n) is 9.34. The van der Waals surface area contributed by atoms with E-state index in [0.717, 1.165) is 35.3 Å². The number of carbonyl (C=O) groups is 2. The molecule has 0 fully saturated rings. The number of rotatable bonds is 4. The van der Waals surface area contributed by atoms with Crippen molar-refractivity contribution in [2.45, 2.75) is 40.0 Å². The summed E-state index contributed by atoms with van der Waals surface area (Å²) in [5.74, 6) is -0.256. The summed E-state index contributed by atoms with van der Waals surface area (Å²) in [6.07, 6.45) is 5.83. The second-order valence-corrected chi connectivity index (χ2v) is 9.73. The summed E-state index contributed by atoms with van der Waals surface area (Å²) < 4.78 is 0. The van der Waals surface area contributed by atoms with E-state index in [4.69, 9.17) is 17.3 Å². The molecule has 1 heterocycles. The van der Waals surface area contributed by atoms with E-state index in [0.29, 0.717) is 21.5 Å². The third kappa shape index (κ3) is 4.47. The van der Waals surface area contributed by atoms with Gasteiger partial charge in [0.1, 0.15) is 5.00 Å². The summed E-state index contributed by atoms with van der Waals surface area (Å²) in [5.41, 5.74) is 8.07. The van der Waals surface area contributed by atoms with E-state index < -0.39 is 5.91 Å². The highest BCUT2D eigenvalue weighted by Crippen LogP contribution is 2.44. The fourth-order valence-corrected chi connectivity index (χ4v) is 5.14. The summed E-state index contributed by atoms with van der Waals surface area (Å²) >= 11 is 7.58. The van der Waals surface area contributed by atoms with Crippen molar-refractivity contribution in [2.75, 3.05) is 5.32 Å². The molecule has 4 nitrogen and oxygen atoms in total. The van der Waals surface area contributed by atoms with Crippen LogP contribution in [0.3, 0.4) is 0 Å². The van der Waals surface area contributed by atoms with Gasteiger partial charge in [-0.25, -0.2) is 0 Å². The molecule has 0 saturated heterocycles. The van der Waals surface area contributed by atoms with Gasteiger partial charge in [0.2, 0.25) is 5.91 Å². The van der Waals surface area contributed by atoms with Gasteiger partial charge in [-0.1, -0.05) is 50.6 Å². The Kier molecular flexibility index (Phi) is 5.96. The lowest BCUT2D eigenvalue weighted by atomic mass is 9.72. The first-order valence-corrected chi connectivity index (χ1v) is 10.5. The van der Waals surface area contributed by atoms with Gasteiger partial charge in [-0.3, -0.25) is 9.59 Å². The first-order chi connectivity index (χ1) is 13.2. The number of primary amides is 1. The van der Waals surface area contributed by atoms with E-state index >= 15 is 0 Å². The number of thiophene rings is 1. The van der Waals surface area contributed by atoms with E-state index in [-0.39, 0.29) is 11.3 Å². The molecule has 1 aliphatic carbocycles. The highest BCUT2D eigenvalue weighted by molar-refractivity contribution is 7.17. The van der Waals surface area contributed by atoms with Gasteiger partial charge < -0.3 is 11.1 Å². The fraction of sp³-hybridized carbons (Fsp3) is 0.364. The standard InChI is InChI=1S/C22H25ClN2O2S/c1-22(2,3)14-9-10-15-17(12-14)28-21(19(15)20(24)27)25-18(26)11-8-13-6-4-5-7-16(13)23/h4-8,11,14H,9-10,12H2,1-3H3,(H2,24,27)(H,25,26)/b11-8+. The van der Waals surface area contributed by atoms with E-state index in [9.17, 15) is 9.59 Å². The summed E-state index contributed by atoms with van der Waals surface area (Å²) in [6.45, 7) is 6.73. The fourth-order valence-electron chi connectivity index (χ4n) is 3.60. The smallest absolute Gasteiger partial charge is 0.251 e. The largest absolute Gasteiger partial charge is 0.365 e. The van der Waals surface area contributed by atoms with Crippen LogP contribution in [0.1, 0.15) is 53.6 Å². The minimum atomic E-state index is -0.489. The summed E-state index contributed by atoms with van der Waals surface area (Å²) in [6, 6.07) is 7.29. The highest BCUT2D eigenvalue weighted by atomic mass is 35.5. The third-order valence-electron chi connectivity index (χ3n) is 5.29. The van der Waals surface area contributed by atoms with E-state index in [1.165, 1.54) is 17.4 Å². The molecule has 2 amide bonds. The van der Waals surface area contributed by atoms with Gasteiger partial charge >= 0.3 is 0 Å². The predicted octanol–water partition coefficient (Wildman–Crippen LogP) is 5.30. The molecule has 1 atom stereocenters. The van der Waals surface area contributed by atoms with Gasteiger partial charge in [-0.05, 0) is 53.9 Å². The zero-order valence-electron chi connectivity index (χ0n) is 16.3. The molecule has 0 spiro atoms. The normalized spacial score (nSPS) is 16.8. The molecule has 1 unspecified atom stereocenters. The second kappa shape index (κ2) is 8.10. The number of halogens is 1. The molecule has 148 valence electrons. The minimum absolute atomic E-state index is 0.204. The molecule has 3 N–H and O–H groups in total. The molecule has 0 aliphatic heterocycles. The Morgan fingerprint density at radius 2 is 2.00 bits per heavy atom. The number of anilines is 1. The van der Waals surface area contributed by atoms with E-state index in [1.807, 2.05) is 18.2 Å². The average molecular weight is 417 g/mol. The number of hydrogen-bond donors (Lipinski definition) is 2. The lowest BCUT2D eigenvalue weighted by Gasteiger charge is -2.33. The maximum atomic E-state index is 12.4. The van der Waals surface area contributed by atoms with Crippen LogP contribution in [0.5, 0.6) is 0 Å². The Hall–Kier alpha value is -2.11. The SMILES string of the molecule is CC(C)(C)C1CCc2c(sc(NC(=O)/C=C/c3ccccc3Cl)c2C(N)=O)C1. The van der Waals surface area contributed by atoms with Crippen molar-refractivity contribution in [1.82, 2.24) is 0 Å². The maximum absolute atomic E-state index is 12.4. The van der Waals surface area contributed by atoms with Crippen LogP contribution in [0.25, 0.3) is 6.08 Å². The van der Waals surface area contributed by atoms with Crippen LogP contribution in [0.15, 0.2) is 30.3 Å². The molecular weight excluding hydrogens is 392 g/mol. The molecule has 2 aromatic rings. The van der Waals surface area contributed by atoms with Crippen molar-refractivity contribution >= 4 is 45.8 Å². The molecule has 0 bridgehead atoms. The van der Waals surface area contributed by atoms with Gasteiger partial charge in [0.15, 0.2) is 0 Å². The van der Waals surface area contributed by atoms with Crippen molar-refractivity contribution in [1.29, 1.82) is 0 Å². The Balaban J connectivity index is 1.83. The summed E-state index contributed by atoms with van der Waals surface area (Å²) in [7, 11) is 0. The van der Waals surface area contributed by atoms with Crippen LogP contribution < -0.4 is 11.1 Å². The van der Waals surface area contributed by atoms with Crippen molar-refractivity contribution < 1.29 is 9.59 Å². The van der Waals surface area contributed by atoms with Crippen LogP contribution in [-0.2, 0) is 17.6 Å². The lowest BCUT2D eigenvalue weighted by molar-refractivity contribution is -0.111. The number of amides is 2. The number of fused-ring (bicyclic) bond motifs is 1. The maximum Gasteiger partial charge on any atom is 0.251 e. The molecule has 0 saturated carbocycles. The van der Waals surface area contributed by atoms with Gasteiger partial charge in [0.05, 0.1) is 5.56 Å². The highest BCUT2D eigenvalue weighted by Gasteiger charge is 2.33. The third-order valence-corrected chi connectivity index (χ3v) is 6.81. The summed E-state index contributed by atoms with van der Waals surface area (Å²) in [4.78, 5) is 25.7. The Morgan fingerprint density at radius 1 is 1.29 bits per heavy atom.